The number of hydrogen-bond donors (Lipinski definition) is 1. The second-order valence-electron chi connectivity index (χ2n) is 5.64. The molecule has 0 atom stereocenters. The zero-order valence-electron chi connectivity index (χ0n) is 13.5. The molecule has 2 aromatic heterocycles. The standard InChI is InChI=1S/C19H18N2O3/c1-13(2)24-15-8-6-14(7-9-15)19-16(10-11-18(22)23)21-12-4-3-5-17(21)20-19/h3-13H,1-2H3,(H,22,23)/b11-10+. The van der Waals surface area contributed by atoms with Crippen LogP contribution in [0.5, 0.6) is 5.75 Å². The summed E-state index contributed by atoms with van der Waals surface area (Å²) in [4.78, 5) is 15.5. The molecule has 0 unspecified atom stereocenters. The Morgan fingerprint density at radius 2 is 1.96 bits per heavy atom. The van der Waals surface area contributed by atoms with E-state index >= 15 is 0 Å². The Balaban J connectivity index is 2.08. The summed E-state index contributed by atoms with van der Waals surface area (Å²) < 4.78 is 7.52. The van der Waals surface area contributed by atoms with Crippen LogP contribution in [-0.4, -0.2) is 26.6 Å². The minimum Gasteiger partial charge on any atom is -0.491 e. The lowest BCUT2D eigenvalue weighted by atomic mass is 10.1. The number of hydrogen-bond acceptors (Lipinski definition) is 3. The van der Waals surface area contributed by atoms with Gasteiger partial charge in [-0.3, -0.25) is 4.40 Å². The fourth-order valence-electron chi connectivity index (χ4n) is 2.50. The van der Waals surface area contributed by atoms with Gasteiger partial charge in [-0.1, -0.05) is 6.07 Å². The summed E-state index contributed by atoms with van der Waals surface area (Å²) in [6.45, 7) is 3.95. The van der Waals surface area contributed by atoms with Crippen LogP contribution in [0, 0.1) is 0 Å². The molecule has 5 nitrogen and oxygen atoms in total. The number of rotatable bonds is 5. The van der Waals surface area contributed by atoms with Gasteiger partial charge in [0.2, 0.25) is 0 Å². The highest BCUT2D eigenvalue weighted by Crippen LogP contribution is 2.27. The van der Waals surface area contributed by atoms with Crippen LogP contribution in [-0.2, 0) is 4.79 Å². The van der Waals surface area contributed by atoms with Crippen molar-refractivity contribution < 1.29 is 14.6 Å². The molecule has 0 saturated carbocycles. The Kier molecular flexibility index (Phi) is 4.33. The van der Waals surface area contributed by atoms with Crippen LogP contribution in [0.3, 0.4) is 0 Å². The van der Waals surface area contributed by atoms with E-state index < -0.39 is 5.97 Å². The zero-order chi connectivity index (χ0) is 17.1. The molecule has 0 fully saturated rings. The molecule has 0 saturated heterocycles. The number of benzene rings is 1. The second kappa shape index (κ2) is 6.58. The molecule has 0 aliphatic rings. The van der Waals surface area contributed by atoms with Crippen molar-refractivity contribution in [3.05, 3.63) is 60.4 Å². The number of ether oxygens (including phenoxy) is 1. The van der Waals surface area contributed by atoms with Crippen molar-refractivity contribution >= 4 is 17.7 Å². The third-order valence-corrected chi connectivity index (χ3v) is 3.45. The maximum atomic E-state index is 10.9. The first-order valence-electron chi connectivity index (χ1n) is 7.70. The topological polar surface area (TPSA) is 63.8 Å². The number of carboxylic acids is 1. The van der Waals surface area contributed by atoms with Crippen molar-refractivity contribution in [2.24, 2.45) is 0 Å². The quantitative estimate of drug-likeness (QED) is 0.724. The highest BCUT2D eigenvalue weighted by molar-refractivity contribution is 5.87. The van der Waals surface area contributed by atoms with Crippen LogP contribution < -0.4 is 4.74 Å². The number of aromatic nitrogens is 2. The fourth-order valence-corrected chi connectivity index (χ4v) is 2.50. The average Bonchev–Trinajstić information content (AvgIpc) is 2.91. The maximum absolute atomic E-state index is 10.9. The lowest BCUT2D eigenvalue weighted by molar-refractivity contribution is -0.131. The minimum absolute atomic E-state index is 0.111. The predicted octanol–water partition coefficient (Wildman–Crippen LogP) is 3.89. The zero-order valence-corrected chi connectivity index (χ0v) is 13.5. The summed E-state index contributed by atoms with van der Waals surface area (Å²) in [5.74, 6) is -0.201. The Hall–Kier alpha value is -3.08. The number of carbonyl (C=O) groups is 1. The van der Waals surface area contributed by atoms with Gasteiger partial charge in [-0.25, -0.2) is 9.78 Å². The summed E-state index contributed by atoms with van der Waals surface area (Å²) in [7, 11) is 0. The van der Waals surface area contributed by atoms with Crippen molar-refractivity contribution in [3.63, 3.8) is 0 Å². The molecule has 122 valence electrons. The fraction of sp³-hybridized carbons (Fsp3) is 0.158. The lowest BCUT2D eigenvalue weighted by Crippen LogP contribution is -2.05. The molecule has 0 aliphatic heterocycles. The maximum Gasteiger partial charge on any atom is 0.328 e. The molecule has 3 rings (SSSR count). The molecule has 0 radical (unpaired) electrons. The molecule has 0 aliphatic carbocycles. The Labute approximate surface area is 139 Å². The predicted molar refractivity (Wildman–Crippen MR) is 93.1 cm³/mol. The lowest BCUT2D eigenvalue weighted by Gasteiger charge is -2.09. The van der Waals surface area contributed by atoms with Crippen molar-refractivity contribution in [1.29, 1.82) is 0 Å². The van der Waals surface area contributed by atoms with Gasteiger partial charge in [-0.2, -0.15) is 0 Å². The van der Waals surface area contributed by atoms with Gasteiger partial charge in [0.25, 0.3) is 0 Å². The highest BCUT2D eigenvalue weighted by Gasteiger charge is 2.12. The number of nitrogens with zero attached hydrogens (tertiary/aromatic N) is 2. The molecule has 1 N–H and O–H groups in total. The number of fused-ring (bicyclic) bond motifs is 1. The number of aliphatic carboxylic acids is 1. The van der Waals surface area contributed by atoms with E-state index in [0.717, 1.165) is 34.4 Å². The minimum atomic E-state index is -0.993. The van der Waals surface area contributed by atoms with Crippen molar-refractivity contribution in [2.45, 2.75) is 20.0 Å². The van der Waals surface area contributed by atoms with Gasteiger partial charge in [0.1, 0.15) is 11.4 Å². The van der Waals surface area contributed by atoms with Crippen molar-refractivity contribution in [2.75, 3.05) is 0 Å². The first kappa shape index (κ1) is 15.8. The number of pyridine rings is 1. The molecular formula is C19H18N2O3. The Morgan fingerprint density at radius 3 is 2.62 bits per heavy atom. The third kappa shape index (κ3) is 3.30. The van der Waals surface area contributed by atoms with E-state index in [9.17, 15) is 4.79 Å². The Morgan fingerprint density at radius 1 is 1.21 bits per heavy atom. The molecular weight excluding hydrogens is 304 g/mol. The number of imidazole rings is 1. The van der Waals surface area contributed by atoms with Crippen LogP contribution in [0.2, 0.25) is 0 Å². The molecule has 1 aromatic carbocycles. The van der Waals surface area contributed by atoms with E-state index in [-0.39, 0.29) is 6.10 Å². The SMILES string of the molecule is CC(C)Oc1ccc(-c2nc3ccccn3c2/C=C/C(=O)O)cc1. The van der Waals surface area contributed by atoms with E-state index in [2.05, 4.69) is 4.98 Å². The van der Waals surface area contributed by atoms with Gasteiger partial charge in [0.15, 0.2) is 0 Å². The third-order valence-electron chi connectivity index (χ3n) is 3.45. The van der Waals surface area contributed by atoms with Crippen molar-refractivity contribution in [1.82, 2.24) is 9.38 Å². The normalized spacial score (nSPS) is 11.5. The molecule has 0 spiro atoms. The molecule has 0 amide bonds. The molecule has 24 heavy (non-hydrogen) atoms. The van der Waals surface area contributed by atoms with E-state index in [1.54, 1.807) is 6.08 Å². The van der Waals surface area contributed by atoms with E-state index in [4.69, 9.17) is 9.84 Å². The summed E-state index contributed by atoms with van der Waals surface area (Å²) in [5.41, 5.74) is 3.13. The molecule has 3 aromatic rings. The van der Waals surface area contributed by atoms with Gasteiger partial charge >= 0.3 is 5.97 Å². The van der Waals surface area contributed by atoms with E-state index in [1.165, 1.54) is 0 Å². The van der Waals surface area contributed by atoms with Gasteiger partial charge in [0.05, 0.1) is 17.5 Å². The summed E-state index contributed by atoms with van der Waals surface area (Å²) in [6, 6.07) is 13.3. The van der Waals surface area contributed by atoms with E-state index in [1.807, 2.05) is 66.9 Å². The molecule has 0 bridgehead atoms. The first-order valence-corrected chi connectivity index (χ1v) is 7.70. The molecule has 5 heteroatoms. The van der Waals surface area contributed by atoms with Gasteiger partial charge in [-0.15, -0.1) is 0 Å². The Bertz CT molecular complexity index is 893. The molecule has 2 heterocycles. The van der Waals surface area contributed by atoms with Gasteiger partial charge in [-0.05, 0) is 56.3 Å². The average molecular weight is 322 g/mol. The van der Waals surface area contributed by atoms with Crippen LogP contribution in [0.25, 0.3) is 23.0 Å². The van der Waals surface area contributed by atoms with Crippen LogP contribution in [0.1, 0.15) is 19.5 Å². The van der Waals surface area contributed by atoms with Crippen LogP contribution in [0.15, 0.2) is 54.7 Å². The van der Waals surface area contributed by atoms with Crippen LogP contribution >= 0.6 is 0 Å². The summed E-state index contributed by atoms with van der Waals surface area (Å²) in [6.07, 6.45) is 4.66. The van der Waals surface area contributed by atoms with Gasteiger partial charge in [0, 0.05) is 17.8 Å². The van der Waals surface area contributed by atoms with Crippen LogP contribution in [0.4, 0.5) is 0 Å². The second-order valence-corrected chi connectivity index (χ2v) is 5.64. The van der Waals surface area contributed by atoms with Gasteiger partial charge < -0.3 is 9.84 Å². The monoisotopic (exact) mass is 322 g/mol. The van der Waals surface area contributed by atoms with Crippen molar-refractivity contribution in [3.8, 4) is 17.0 Å². The first-order chi connectivity index (χ1) is 11.5. The summed E-state index contributed by atoms with van der Waals surface area (Å²) in [5, 5.41) is 8.93. The number of carboxylic acid groups (broad SMARTS) is 1. The van der Waals surface area contributed by atoms with E-state index in [0.29, 0.717) is 0 Å². The summed E-state index contributed by atoms with van der Waals surface area (Å²) >= 11 is 0. The highest BCUT2D eigenvalue weighted by atomic mass is 16.5. The largest absolute Gasteiger partial charge is 0.491 e. The smallest absolute Gasteiger partial charge is 0.328 e.